The first kappa shape index (κ1) is 16.3. The Balaban J connectivity index is 1.81. The molecule has 0 aliphatic carbocycles. The second-order valence-electron chi connectivity index (χ2n) is 5.89. The summed E-state index contributed by atoms with van der Waals surface area (Å²) in [6.45, 7) is 6.86. The number of methoxy groups -OCH3 is 1. The van der Waals surface area contributed by atoms with Crippen LogP contribution in [0.25, 0.3) is 0 Å². The van der Waals surface area contributed by atoms with Crippen LogP contribution in [0.2, 0.25) is 0 Å². The monoisotopic (exact) mass is 292 g/mol. The van der Waals surface area contributed by atoms with Crippen molar-refractivity contribution in [3.05, 3.63) is 29.8 Å². The average molecular weight is 292 g/mol. The van der Waals surface area contributed by atoms with Crippen LogP contribution in [0.15, 0.2) is 24.3 Å². The van der Waals surface area contributed by atoms with E-state index in [1.54, 1.807) is 7.11 Å². The van der Waals surface area contributed by atoms with Gasteiger partial charge in [0.2, 0.25) is 0 Å². The summed E-state index contributed by atoms with van der Waals surface area (Å²) in [6, 6.07) is 8.26. The van der Waals surface area contributed by atoms with Crippen LogP contribution in [0.1, 0.15) is 31.4 Å². The van der Waals surface area contributed by atoms with Gasteiger partial charge in [-0.05, 0) is 43.0 Å². The summed E-state index contributed by atoms with van der Waals surface area (Å²) in [5.74, 6) is 1.58. The molecule has 0 radical (unpaired) electrons. The Kier molecular flexibility index (Phi) is 6.49. The van der Waals surface area contributed by atoms with Crippen LogP contribution in [0.3, 0.4) is 0 Å². The summed E-state index contributed by atoms with van der Waals surface area (Å²) in [6.07, 6.45) is 2.24. The van der Waals surface area contributed by atoms with Crippen LogP contribution < -0.4 is 10.5 Å². The zero-order valence-corrected chi connectivity index (χ0v) is 13.3. The van der Waals surface area contributed by atoms with E-state index in [-0.39, 0.29) is 6.04 Å². The first-order chi connectivity index (χ1) is 10.2. The molecule has 2 N–H and O–H groups in total. The van der Waals surface area contributed by atoms with E-state index in [2.05, 4.69) is 24.0 Å². The Labute approximate surface area is 128 Å². The summed E-state index contributed by atoms with van der Waals surface area (Å²) >= 11 is 0. The topological polar surface area (TPSA) is 47.7 Å². The fourth-order valence-electron chi connectivity index (χ4n) is 2.87. The Morgan fingerprint density at radius 2 is 2.10 bits per heavy atom. The molecule has 4 heteroatoms. The van der Waals surface area contributed by atoms with E-state index in [0.29, 0.717) is 5.92 Å². The minimum Gasteiger partial charge on any atom is -0.494 e. The van der Waals surface area contributed by atoms with Crippen molar-refractivity contribution in [3.8, 4) is 5.75 Å². The van der Waals surface area contributed by atoms with Gasteiger partial charge in [-0.2, -0.15) is 0 Å². The van der Waals surface area contributed by atoms with Crippen molar-refractivity contribution in [1.82, 2.24) is 4.90 Å². The molecule has 0 spiro atoms. The Hall–Kier alpha value is -1.10. The molecular formula is C17H28N2O2. The highest BCUT2D eigenvalue weighted by molar-refractivity contribution is 5.29. The second-order valence-corrected chi connectivity index (χ2v) is 5.89. The Bertz CT molecular complexity index is 408. The molecular weight excluding hydrogens is 264 g/mol. The van der Waals surface area contributed by atoms with E-state index >= 15 is 0 Å². The molecule has 1 aliphatic heterocycles. The number of benzene rings is 1. The molecule has 0 aromatic heterocycles. The summed E-state index contributed by atoms with van der Waals surface area (Å²) in [4.78, 5) is 2.44. The molecule has 21 heavy (non-hydrogen) atoms. The van der Waals surface area contributed by atoms with Crippen LogP contribution in [0.4, 0.5) is 0 Å². The van der Waals surface area contributed by atoms with E-state index in [4.69, 9.17) is 15.2 Å². The maximum absolute atomic E-state index is 6.33. The highest BCUT2D eigenvalue weighted by atomic mass is 16.5. The molecule has 0 amide bonds. The van der Waals surface area contributed by atoms with Crippen LogP contribution in [-0.2, 0) is 4.74 Å². The van der Waals surface area contributed by atoms with Crippen LogP contribution in [0.5, 0.6) is 5.75 Å². The maximum atomic E-state index is 6.33. The number of hydrogen-bond donors (Lipinski definition) is 1. The van der Waals surface area contributed by atoms with Gasteiger partial charge in [-0.3, -0.25) is 0 Å². The van der Waals surface area contributed by atoms with E-state index < -0.39 is 0 Å². The molecule has 1 aromatic carbocycles. The predicted octanol–water partition coefficient (Wildman–Crippen LogP) is 2.44. The summed E-state index contributed by atoms with van der Waals surface area (Å²) in [5.41, 5.74) is 7.51. The van der Waals surface area contributed by atoms with E-state index in [1.165, 1.54) is 12.0 Å². The average Bonchev–Trinajstić information content (AvgIpc) is 2.93. The van der Waals surface area contributed by atoms with Crippen molar-refractivity contribution in [2.24, 2.45) is 11.7 Å². The standard InChI is InChI=1S/C17H28N2O2/c1-3-10-21-16-6-4-15(5-7-16)17(18)12-19-9-8-14(11-19)13-20-2/h4-7,14,17H,3,8-13,18H2,1-2H3. The molecule has 0 bridgehead atoms. The smallest absolute Gasteiger partial charge is 0.119 e. The van der Waals surface area contributed by atoms with Crippen molar-refractivity contribution in [3.63, 3.8) is 0 Å². The minimum absolute atomic E-state index is 0.0616. The summed E-state index contributed by atoms with van der Waals surface area (Å²) in [5, 5.41) is 0. The van der Waals surface area contributed by atoms with Crippen molar-refractivity contribution in [1.29, 1.82) is 0 Å². The quantitative estimate of drug-likeness (QED) is 0.799. The van der Waals surface area contributed by atoms with Crippen molar-refractivity contribution in [2.75, 3.05) is 40.0 Å². The molecule has 1 aromatic rings. The summed E-state index contributed by atoms with van der Waals surface area (Å²) in [7, 11) is 1.77. The van der Waals surface area contributed by atoms with Crippen LogP contribution in [-0.4, -0.2) is 44.9 Å². The number of ether oxygens (including phenoxy) is 2. The molecule has 1 aliphatic rings. The van der Waals surface area contributed by atoms with Gasteiger partial charge in [-0.25, -0.2) is 0 Å². The number of hydrogen-bond acceptors (Lipinski definition) is 4. The first-order valence-electron chi connectivity index (χ1n) is 7.92. The van der Waals surface area contributed by atoms with E-state index in [9.17, 15) is 0 Å². The second kappa shape index (κ2) is 8.37. The van der Waals surface area contributed by atoms with E-state index in [1.807, 2.05) is 12.1 Å². The van der Waals surface area contributed by atoms with Gasteiger partial charge >= 0.3 is 0 Å². The molecule has 2 unspecified atom stereocenters. The van der Waals surface area contributed by atoms with Gasteiger partial charge in [0.15, 0.2) is 0 Å². The molecule has 118 valence electrons. The third kappa shape index (κ3) is 4.99. The lowest BCUT2D eigenvalue weighted by molar-refractivity contribution is 0.152. The molecule has 1 fully saturated rings. The highest BCUT2D eigenvalue weighted by Crippen LogP contribution is 2.21. The van der Waals surface area contributed by atoms with Crippen molar-refractivity contribution >= 4 is 0 Å². The van der Waals surface area contributed by atoms with E-state index in [0.717, 1.165) is 45.0 Å². The predicted molar refractivity (Wildman–Crippen MR) is 85.6 cm³/mol. The lowest BCUT2D eigenvalue weighted by atomic mass is 10.1. The molecule has 1 heterocycles. The first-order valence-corrected chi connectivity index (χ1v) is 7.92. The fourth-order valence-corrected chi connectivity index (χ4v) is 2.87. The van der Waals surface area contributed by atoms with Gasteiger partial charge in [0.1, 0.15) is 5.75 Å². The highest BCUT2D eigenvalue weighted by Gasteiger charge is 2.23. The number of rotatable bonds is 8. The number of nitrogens with zero attached hydrogens (tertiary/aromatic N) is 1. The zero-order chi connectivity index (χ0) is 15.1. The Morgan fingerprint density at radius 3 is 2.76 bits per heavy atom. The number of nitrogens with two attached hydrogens (primary N) is 1. The maximum Gasteiger partial charge on any atom is 0.119 e. The van der Waals surface area contributed by atoms with Crippen molar-refractivity contribution < 1.29 is 9.47 Å². The normalized spacial score (nSPS) is 20.6. The van der Waals surface area contributed by atoms with Gasteiger partial charge in [0, 0.05) is 26.2 Å². The molecule has 4 nitrogen and oxygen atoms in total. The lowest BCUT2D eigenvalue weighted by Crippen LogP contribution is -2.31. The summed E-state index contributed by atoms with van der Waals surface area (Å²) < 4.78 is 10.8. The van der Waals surface area contributed by atoms with Crippen LogP contribution in [0, 0.1) is 5.92 Å². The SMILES string of the molecule is CCCOc1ccc(C(N)CN2CCC(COC)C2)cc1. The third-order valence-electron chi connectivity index (χ3n) is 4.01. The minimum atomic E-state index is 0.0616. The molecule has 2 atom stereocenters. The lowest BCUT2D eigenvalue weighted by Gasteiger charge is -2.21. The molecule has 2 rings (SSSR count). The molecule has 1 saturated heterocycles. The van der Waals surface area contributed by atoms with Gasteiger partial charge in [0.05, 0.1) is 13.2 Å². The fraction of sp³-hybridized carbons (Fsp3) is 0.647. The third-order valence-corrected chi connectivity index (χ3v) is 4.01. The van der Waals surface area contributed by atoms with Gasteiger partial charge in [-0.1, -0.05) is 19.1 Å². The molecule has 0 saturated carbocycles. The largest absolute Gasteiger partial charge is 0.494 e. The Morgan fingerprint density at radius 1 is 1.33 bits per heavy atom. The van der Waals surface area contributed by atoms with Gasteiger partial charge < -0.3 is 20.1 Å². The van der Waals surface area contributed by atoms with Gasteiger partial charge in [0.25, 0.3) is 0 Å². The van der Waals surface area contributed by atoms with Gasteiger partial charge in [-0.15, -0.1) is 0 Å². The van der Waals surface area contributed by atoms with Crippen LogP contribution >= 0.6 is 0 Å². The van der Waals surface area contributed by atoms with Crippen molar-refractivity contribution in [2.45, 2.75) is 25.8 Å². The zero-order valence-electron chi connectivity index (χ0n) is 13.3. The number of likely N-dealkylation sites (tertiary alicyclic amines) is 1.